The second-order valence-corrected chi connectivity index (χ2v) is 12.3. The molecular formula is C27H36N4O3S2. The molecule has 2 aromatic carbocycles. The number of rotatable bonds is 9. The fourth-order valence-electron chi connectivity index (χ4n) is 4.53. The fraction of sp³-hybridized carbons (Fsp3) is 0.481. The van der Waals surface area contributed by atoms with Gasteiger partial charge in [-0.3, -0.25) is 9.69 Å². The third kappa shape index (κ3) is 5.64. The number of anilines is 1. The van der Waals surface area contributed by atoms with Gasteiger partial charge >= 0.3 is 0 Å². The maximum atomic E-state index is 13.7. The number of hydrogen-bond donors (Lipinski definition) is 0. The normalized spacial score (nSPS) is 15.0. The Morgan fingerprint density at radius 1 is 0.972 bits per heavy atom. The van der Waals surface area contributed by atoms with Crippen LogP contribution in [-0.4, -0.2) is 67.8 Å². The molecule has 0 radical (unpaired) electrons. The van der Waals surface area contributed by atoms with Gasteiger partial charge in [0.25, 0.3) is 5.91 Å². The summed E-state index contributed by atoms with van der Waals surface area (Å²) in [6.45, 7) is 12.5. The van der Waals surface area contributed by atoms with Crippen LogP contribution in [-0.2, 0) is 10.0 Å². The molecular weight excluding hydrogens is 492 g/mol. The largest absolute Gasteiger partial charge is 0.302 e. The van der Waals surface area contributed by atoms with E-state index in [-0.39, 0.29) is 10.8 Å². The van der Waals surface area contributed by atoms with Crippen molar-refractivity contribution in [3.8, 4) is 0 Å². The molecule has 1 fully saturated rings. The molecule has 0 aliphatic carbocycles. The molecule has 9 heteroatoms. The average Bonchev–Trinajstić information content (AvgIpc) is 3.29. The molecule has 0 unspecified atom stereocenters. The summed E-state index contributed by atoms with van der Waals surface area (Å²) in [6.07, 6.45) is 2.84. The minimum absolute atomic E-state index is 0.170. The minimum Gasteiger partial charge on any atom is -0.302 e. The van der Waals surface area contributed by atoms with Gasteiger partial charge in [-0.2, -0.15) is 4.31 Å². The number of piperidine rings is 1. The van der Waals surface area contributed by atoms with E-state index in [1.165, 1.54) is 22.5 Å². The Balaban J connectivity index is 1.63. The number of amides is 1. The Morgan fingerprint density at radius 3 is 2.25 bits per heavy atom. The summed E-state index contributed by atoms with van der Waals surface area (Å²) in [5.74, 6) is -0.170. The second-order valence-electron chi connectivity index (χ2n) is 9.37. The first kappa shape index (κ1) is 26.7. The zero-order chi connectivity index (χ0) is 25.9. The lowest BCUT2D eigenvalue weighted by molar-refractivity contribution is 0.0983. The molecule has 0 bridgehead atoms. The second kappa shape index (κ2) is 11.4. The topological polar surface area (TPSA) is 73.8 Å². The highest BCUT2D eigenvalue weighted by molar-refractivity contribution is 7.89. The predicted octanol–water partition coefficient (Wildman–Crippen LogP) is 5.08. The van der Waals surface area contributed by atoms with Gasteiger partial charge in [-0.25, -0.2) is 13.4 Å². The maximum absolute atomic E-state index is 13.7. The third-order valence-corrected chi connectivity index (χ3v) is 10.0. The highest BCUT2D eigenvalue weighted by Gasteiger charge is 2.27. The van der Waals surface area contributed by atoms with Crippen LogP contribution in [0.1, 0.15) is 54.6 Å². The zero-order valence-corrected chi connectivity index (χ0v) is 23.3. The van der Waals surface area contributed by atoms with Gasteiger partial charge in [0.05, 0.1) is 15.1 Å². The lowest BCUT2D eigenvalue weighted by atomic mass is 10.1. The summed E-state index contributed by atoms with van der Waals surface area (Å²) >= 11 is 1.52. The van der Waals surface area contributed by atoms with E-state index in [1.807, 2.05) is 0 Å². The van der Waals surface area contributed by atoms with Crippen LogP contribution in [0.5, 0.6) is 0 Å². The van der Waals surface area contributed by atoms with E-state index in [2.05, 4.69) is 44.7 Å². The molecule has 1 aliphatic rings. The van der Waals surface area contributed by atoms with E-state index in [0.29, 0.717) is 30.3 Å². The van der Waals surface area contributed by atoms with E-state index < -0.39 is 10.0 Å². The van der Waals surface area contributed by atoms with Crippen LogP contribution >= 0.6 is 11.3 Å². The van der Waals surface area contributed by atoms with Crippen molar-refractivity contribution in [2.45, 2.75) is 51.9 Å². The Morgan fingerprint density at radius 2 is 1.61 bits per heavy atom. The summed E-state index contributed by atoms with van der Waals surface area (Å²) in [7, 11) is -3.54. The van der Waals surface area contributed by atoms with Crippen molar-refractivity contribution < 1.29 is 13.2 Å². The molecule has 1 aromatic heterocycles. The molecule has 0 saturated carbocycles. The summed E-state index contributed by atoms with van der Waals surface area (Å²) < 4.78 is 28.7. The number of nitrogens with zero attached hydrogens (tertiary/aromatic N) is 4. The number of sulfonamides is 1. The first-order valence-corrected chi connectivity index (χ1v) is 15.0. The lowest BCUT2D eigenvalue weighted by Gasteiger charge is -2.26. The standard InChI is InChI=1S/C27H36N4O3S2/c1-5-29(6-2)16-17-31(27-28-24-18-20(3)21(4)19-25(24)35-27)26(32)22-10-12-23(13-11-22)36(33,34)30-14-8-7-9-15-30/h10-13,18-19H,5-9,14-17H2,1-4H3. The molecule has 3 aromatic rings. The van der Waals surface area contributed by atoms with Crippen molar-refractivity contribution in [1.82, 2.24) is 14.2 Å². The third-order valence-electron chi connectivity index (χ3n) is 7.06. The van der Waals surface area contributed by atoms with Crippen LogP contribution in [0, 0.1) is 13.8 Å². The van der Waals surface area contributed by atoms with Crippen molar-refractivity contribution in [2.24, 2.45) is 0 Å². The molecule has 1 amide bonds. The fourth-order valence-corrected chi connectivity index (χ4v) is 7.12. The van der Waals surface area contributed by atoms with Crippen LogP contribution in [0.4, 0.5) is 5.13 Å². The molecule has 0 atom stereocenters. The molecule has 1 saturated heterocycles. The first-order chi connectivity index (χ1) is 17.2. The van der Waals surface area contributed by atoms with Gasteiger partial charge in [-0.05, 0) is 87.3 Å². The molecule has 0 spiro atoms. The molecule has 36 heavy (non-hydrogen) atoms. The monoisotopic (exact) mass is 528 g/mol. The van der Waals surface area contributed by atoms with Gasteiger partial charge in [0, 0.05) is 31.7 Å². The average molecular weight is 529 g/mol. The Kier molecular flexibility index (Phi) is 8.44. The number of carbonyl (C=O) groups is 1. The summed E-state index contributed by atoms with van der Waals surface area (Å²) in [5, 5.41) is 0.664. The van der Waals surface area contributed by atoms with Gasteiger partial charge in [0.1, 0.15) is 0 Å². The summed E-state index contributed by atoms with van der Waals surface area (Å²) in [6, 6.07) is 10.6. The minimum atomic E-state index is -3.54. The number of aromatic nitrogens is 1. The van der Waals surface area contributed by atoms with Crippen molar-refractivity contribution in [2.75, 3.05) is 44.2 Å². The quantitative estimate of drug-likeness (QED) is 0.387. The van der Waals surface area contributed by atoms with Gasteiger partial charge in [0.2, 0.25) is 10.0 Å². The summed E-state index contributed by atoms with van der Waals surface area (Å²) in [5.41, 5.74) is 3.72. The Hall–Kier alpha value is -2.33. The first-order valence-electron chi connectivity index (χ1n) is 12.8. The van der Waals surface area contributed by atoms with Crippen LogP contribution < -0.4 is 4.90 Å². The molecule has 1 aliphatic heterocycles. The van der Waals surface area contributed by atoms with Crippen molar-refractivity contribution in [3.63, 3.8) is 0 Å². The van der Waals surface area contributed by atoms with Crippen molar-refractivity contribution >= 4 is 42.6 Å². The number of aryl methyl sites for hydroxylation is 2. The van der Waals surface area contributed by atoms with Crippen molar-refractivity contribution in [3.05, 3.63) is 53.1 Å². The molecule has 194 valence electrons. The van der Waals surface area contributed by atoms with Gasteiger partial charge in [-0.1, -0.05) is 31.6 Å². The number of benzene rings is 2. The summed E-state index contributed by atoms with van der Waals surface area (Å²) in [4.78, 5) is 22.8. The van der Waals surface area contributed by atoms with E-state index in [9.17, 15) is 13.2 Å². The van der Waals surface area contributed by atoms with Crippen LogP contribution in [0.25, 0.3) is 10.2 Å². The maximum Gasteiger partial charge on any atom is 0.260 e. The van der Waals surface area contributed by atoms with Crippen molar-refractivity contribution in [1.29, 1.82) is 0 Å². The zero-order valence-electron chi connectivity index (χ0n) is 21.7. The van der Waals surface area contributed by atoms with Crippen LogP contribution in [0.15, 0.2) is 41.3 Å². The van der Waals surface area contributed by atoms with Gasteiger partial charge in [-0.15, -0.1) is 0 Å². The van der Waals surface area contributed by atoms with E-state index in [4.69, 9.17) is 4.98 Å². The number of carbonyl (C=O) groups excluding carboxylic acids is 1. The number of thiazole rings is 1. The molecule has 7 nitrogen and oxygen atoms in total. The highest BCUT2D eigenvalue weighted by Crippen LogP contribution is 2.32. The molecule has 0 N–H and O–H groups in total. The van der Waals surface area contributed by atoms with E-state index in [1.54, 1.807) is 33.5 Å². The number of fused-ring (bicyclic) bond motifs is 1. The Labute approximate surface area is 218 Å². The number of likely N-dealkylation sites (N-methyl/N-ethyl adjacent to an activating group) is 1. The van der Waals surface area contributed by atoms with E-state index >= 15 is 0 Å². The van der Waals surface area contributed by atoms with E-state index in [0.717, 1.165) is 49.1 Å². The lowest BCUT2D eigenvalue weighted by Crippen LogP contribution is -2.39. The van der Waals surface area contributed by atoms with Crippen LogP contribution in [0.3, 0.4) is 0 Å². The van der Waals surface area contributed by atoms with Gasteiger partial charge < -0.3 is 4.90 Å². The molecule has 2 heterocycles. The van der Waals surface area contributed by atoms with Gasteiger partial charge in [0.15, 0.2) is 5.13 Å². The Bertz CT molecular complexity index is 1270. The number of hydrogen-bond acceptors (Lipinski definition) is 6. The molecule has 4 rings (SSSR count). The smallest absolute Gasteiger partial charge is 0.260 e. The van der Waals surface area contributed by atoms with Crippen LogP contribution in [0.2, 0.25) is 0 Å². The predicted molar refractivity (Wildman–Crippen MR) is 148 cm³/mol. The highest BCUT2D eigenvalue weighted by atomic mass is 32.2. The SMILES string of the molecule is CCN(CC)CCN(C(=O)c1ccc(S(=O)(=O)N2CCCCC2)cc1)c1nc2cc(C)c(C)cc2s1.